The third kappa shape index (κ3) is 18.3. The zero-order valence-corrected chi connectivity index (χ0v) is 46.6. The molecule has 1 heterocycles. The topological polar surface area (TPSA) is 183 Å². The quantitative estimate of drug-likeness (QED) is 0.0567. The Hall–Kier alpha value is -7.49. The van der Waals surface area contributed by atoms with Gasteiger partial charge in [0.2, 0.25) is 29.5 Å². The summed E-state index contributed by atoms with van der Waals surface area (Å²) in [6, 6.07) is 61.0. The molecule has 5 amide bonds. The van der Waals surface area contributed by atoms with E-state index in [1.165, 1.54) is 14.7 Å². The van der Waals surface area contributed by atoms with E-state index in [4.69, 9.17) is 17.2 Å². The summed E-state index contributed by atoms with van der Waals surface area (Å²) in [4.78, 5) is 85.5. The van der Waals surface area contributed by atoms with Gasteiger partial charge in [-0.3, -0.25) is 28.9 Å². The molecule has 7 rings (SSSR count). The first kappa shape index (κ1) is 60.2. The minimum absolute atomic E-state index is 0.0338. The van der Waals surface area contributed by atoms with Crippen LogP contribution in [0, 0.1) is 0 Å². The van der Waals surface area contributed by atoms with Crippen LogP contribution < -0.4 is 17.2 Å². The summed E-state index contributed by atoms with van der Waals surface area (Å²) in [6.07, 6.45) is 3.02. The van der Waals surface area contributed by atoms with E-state index in [1.807, 2.05) is 119 Å². The van der Waals surface area contributed by atoms with E-state index in [0.717, 1.165) is 33.4 Å². The van der Waals surface area contributed by atoms with Crippen molar-refractivity contribution in [1.82, 2.24) is 29.4 Å². The SMILES string of the molecule is NCCCN1CCN(CCC(c2ccccc2)c2ccccc2)C(=O)CN(CCCN)C(=O)CN(CCC(c2ccccc2)c2ccccc2)C(=O)CN(CCCN)C(=O)CN(CCC(c2ccccc2)c2ccccc2)C(=O)C1. The van der Waals surface area contributed by atoms with Gasteiger partial charge in [0, 0.05) is 63.6 Å². The van der Waals surface area contributed by atoms with Crippen molar-refractivity contribution in [1.29, 1.82) is 0 Å². The number of hydrogen-bond acceptors (Lipinski definition) is 9. The monoisotopic (exact) mass is 1080 g/mol. The lowest BCUT2D eigenvalue weighted by molar-refractivity contribution is -0.147. The first-order chi connectivity index (χ1) is 39.1. The lowest BCUT2D eigenvalue weighted by atomic mass is 9.88. The van der Waals surface area contributed by atoms with Gasteiger partial charge in [-0.25, -0.2) is 0 Å². The number of nitrogens with two attached hydrogens (primary N) is 3. The molecule has 6 aromatic carbocycles. The number of carbonyl (C=O) groups is 5. The molecule has 80 heavy (non-hydrogen) atoms. The van der Waals surface area contributed by atoms with Crippen LogP contribution in [0.2, 0.25) is 0 Å². The van der Waals surface area contributed by atoms with Crippen LogP contribution in [0.15, 0.2) is 182 Å². The molecular formula is C66H83N9O5. The highest BCUT2D eigenvalue weighted by molar-refractivity contribution is 5.91. The van der Waals surface area contributed by atoms with Gasteiger partial charge in [0.1, 0.15) is 0 Å². The maximum Gasteiger partial charge on any atom is 0.242 e. The van der Waals surface area contributed by atoms with E-state index in [9.17, 15) is 0 Å². The van der Waals surface area contributed by atoms with Gasteiger partial charge in [-0.1, -0.05) is 182 Å². The molecule has 1 aliphatic heterocycles. The number of carbonyl (C=O) groups excluding carboxylic acids is 5. The second-order valence-corrected chi connectivity index (χ2v) is 20.8. The molecule has 1 saturated heterocycles. The summed E-state index contributed by atoms with van der Waals surface area (Å²) in [7, 11) is 0. The fraction of sp³-hybridized carbons (Fsp3) is 0.379. The van der Waals surface area contributed by atoms with Crippen LogP contribution in [0.1, 0.15) is 89.7 Å². The highest BCUT2D eigenvalue weighted by Crippen LogP contribution is 2.31. The summed E-state index contributed by atoms with van der Waals surface area (Å²) >= 11 is 0. The summed E-state index contributed by atoms with van der Waals surface area (Å²) in [5.41, 5.74) is 24.8. The molecule has 0 aromatic heterocycles. The highest BCUT2D eigenvalue weighted by atomic mass is 16.2. The summed E-state index contributed by atoms with van der Waals surface area (Å²) in [6.45, 7) is 1.94. The Morgan fingerprint density at radius 1 is 0.287 bits per heavy atom. The molecule has 0 atom stereocenters. The van der Waals surface area contributed by atoms with Gasteiger partial charge in [-0.15, -0.1) is 0 Å². The standard InChI is InChI=1S/C66H83N9O5/c67-37-19-40-70-46-47-71(43-34-59(53-22-7-1-8-23-53)54-24-9-2-10-25-54)63(77)49-72(41-20-38-68)65(79)52-75(45-36-61(57-30-15-5-16-31-57)58-32-17-6-18-33-58)66(80)50-73(42-21-39-69)64(78)51-74(62(76)48-70)44-35-60(55-26-11-3-12-27-55)56-28-13-4-14-29-56/h1-18,22-33,59-61H,19-21,34-52,67-69H2. The van der Waals surface area contributed by atoms with Crippen LogP contribution in [0.5, 0.6) is 0 Å². The van der Waals surface area contributed by atoms with Gasteiger partial charge in [0.25, 0.3) is 0 Å². The van der Waals surface area contributed by atoms with Crippen molar-refractivity contribution in [2.24, 2.45) is 17.2 Å². The number of amides is 5. The molecule has 1 fully saturated rings. The minimum Gasteiger partial charge on any atom is -0.340 e. The number of benzene rings is 6. The minimum atomic E-state index is -0.427. The second kappa shape index (κ2) is 32.6. The predicted molar refractivity (Wildman–Crippen MR) is 318 cm³/mol. The van der Waals surface area contributed by atoms with Crippen molar-refractivity contribution in [3.8, 4) is 0 Å². The Labute approximate surface area is 474 Å². The number of nitrogens with zero attached hydrogens (tertiary/aromatic N) is 6. The molecule has 0 radical (unpaired) electrons. The molecule has 14 nitrogen and oxygen atoms in total. The molecule has 0 saturated carbocycles. The van der Waals surface area contributed by atoms with Gasteiger partial charge < -0.3 is 41.7 Å². The zero-order chi connectivity index (χ0) is 56.3. The molecule has 0 bridgehead atoms. The van der Waals surface area contributed by atoms with Crippen molar-refractivity contribution in [3.63, 3.8) is 0 Å². The second-order valence-electron chi connectivity index (χ2n) is 20.8. The van der Waals surface area contributed by atoms with Crippen molar-refractivity contribution in [2.75, 3.05) is 105 Å². The van der Waals surface area contributed by atoms with E-state index in [-0.39, 0.29) is 108 Å². The molecule has 422 valence electrons. The third-order valence-corrected chi connectivity index (χ3v) is 15.3. The average Bonchev–Trinajstić information content (AvgIpc) is 3.51. The maximum absolute atomic E-state index is 15.1. The van der Waals surface area contributed by atoms with Gasteiger partial charge in [-0.05, 0) is 98.1 Å². The summed E-state index contributed by atoms with van der Waals surface area (Å²) < 4.78 is 0. The van der Waals surface area contributed by atoms with Gasteiger partial charge in [0.15, 0.2) is 0 Å². The van der Waals surface area contributed by atoms with Crippen molar-refractivity contribution in [2.45, 2.75) is 56.3 Å². The Morgan fingerprint density at radius 3 is 0.812 bits per heavy atom. The van der Waals surface area contributed by atoms with E-state index in [2.05, 4.69) is 72.8 Å². The highest BCUT2D eigenvalue weighted by Gasteiger charge is 2.31. The number of hydrogen-bond donors (Lipinski definition) is 3. The summed E-state index contributed by atoms with van der Waals surface area (Å²) in [5, 5.41) is 0. The lowest BCUT2D eigenvalue weighted by Crippen LogP contribution is -2.53. The van der Waals surface area contributed by atoms with Crippen LogP contribution in [0.4, 0.5) is 0 Å². The van der Waals surface area contributed by atoms with E-state index < -0.39 is 17.7 Å². The van der Waals surface area contributed by atoms with Crippen molar-refractivity contribution < 1.29 is 24.0 Å². The van der Waals surface area contributed by atoms with Crippen LogP contribution in [0.25, 0.3) is 0 Å². The molecular weight excluding hydrogens is 999 g/mol. The Bertz CT molecular complexity index is 2660. The average molecular weight is 1080 g/mol. The third-order valence-electron chi connectivity index (χ3n) is 15.3. The fourth-order valence-electron chi connectivity index (χ4n) is 10.8. The molecule has 14 heteroatoms. The maximum atomic E-state index is 15.1. The normalized spacial score (nSPS) is 15.1. The van der Waals surface area contributed by atoms with Crippen LogP contribution >= 0.6 is 0 Å². The summed E-state index contributed by atoms with van der Waals surface area (Å²) in [5.74, 6) is -1.96. The molecule has 0 spiro atoms. The molecule has 6 aromatic rings. The van der Waals surface area contributed by atoms with Crippen LogP contribution in [0.3, 0.4) is 0 Å². The first-order valence-electron chi connectivity index (χ1n) is 28.7. The van der Waals surface area contributed by atoms with E-state index in [0.29, 0.717) is 64.7 Å². The Balaban J connectivity index is 1.27. The molecule has 6 N–H and O–H groups in total. The van der Waals surface area contributed by atoms with Crippen LogP contribution in [-0.2, 0) is 24.0 Å². The van der Waals surface area contributed by atoms with E-state index >= 15 is 24.0 Å². The van der Waals surface area contributed by atoms with Crippen molar-refractivity contribution in [3.05, 3.63) is 215 Å². The molecule has 1 aliphatic rings. The smallest absolute Gasteiger partial charge is 0.242 e. The first-order valence-corrected chi connectivity index (χ1v) is 28.7. The molecule has 0 unspecified atom stereocenters. The van der Waals surface area contributed by atoms with Crippen molar-refractivity contribution >= 4 is 29.5 Å². The Kier molecular flexibility index (Phi) is 24.5. The molecule has 0 aliphatic carbocycles. The lowest BCUT2D eigenvalue weighted by Gasteiger charge is -2.34. The van der Waals surface area contributed by atoms with Crippen LogP contribution in [-0.4, -0.2) is 164 Å². The number of rotatable bonds is 24. The van der Waals surface area contributed by atoms with Gasteiger partial charge in [0.05, 0.1) is 32.7 Å². The Morgan fingerprint density at radius 2 is 0.525 bits per heavy atom. The zero-order valence-electron chi connectivity index (χ0n) is 46.6. The fourth-order valence-corrected chi connectivity index (χ4v) is 10.8. The van der Waals surface area contributed by atoms with Gasteiger partial charge in [-0.2, -0.15) is 0 Å². The van der Waals surface area contributed by atoms with Gasteiger partial charge >= 0.3 is 0 Å². The largest absolute Gasteiger partial charge is 0.340 e. The predicted octanol–water partition coefficient (Wildman–Crippen LogP) is 7.16. The van der Waals surface area contributed by atoms with E-state index in [1.54, 1.807) is 4.90 Å².